The van der Waals surface area contributed by atoms with Gasteiger partial charge in [-0.25, -0.2) is 0 Å². The Kier molecular flexibility index (Phi) is 3.59. The number of fused-ring (bicyclic) bond motifs is 1. The van der Waals surface area contributed by atoms with E-state index in [4.69, 9.17) is 18.0 Å². The van der Waals surface area contributed by atoms with Crippen LogP contribution in [0.4, 0.5) is 0 Å². The van der Waals surface area contributed by atoms with Crippen molar-refractivity contribution in [3.05, 3.63) is 0 Å². The van der Waals surface area contributed by atoms with Crippen LogP contribution in [-0.4, -0.2) is 54.1 Å². The third-order valence-electron chi connectivity index (χ3n) is 3.81. The predicted octanol–water partition coefficient (Wildman–Crippen LogP) is 0.689. The van der Waals surface area contributed by atoms with Gasteiger partial charge >= 0.3 is 0 Å². The zero-order chi connectivity index (χ0) is 10.8. The second-order valence-corrected chi connectivity index (χ2v) is 5.46. The highest BCUT2D eigenvalue weighted by molar-refractivity contribution is 7.80. The average Bonchev–Trinajstić information content (AvgIpc) is 2.17. The van der Waals surface area contributed by atoms with Crippen molar-refractivity contribution in [2.75, 3.05) is 33.2 Å². The fraction of sp³-hybridized carbons (Fsp3) is 0.909. The first kappa shape index (κ1) is 11.3. The van der Waals surface area contributed by atoms with E-state index in [1.54, 1.807) is 0 Å². The molecule has 0 bridgehead atoms. The summed E-state index contributed by atoms with van der Waals surface area (Å²) in [6, 6.07) is 0.807. The van der Waals surface area contributed by atoms with Crippen molar-refractivity contribution < 1.29 is 0 Å². The van der Waals surface area contributed by atoms with Crippen molar-refractivity contribution in [1.29, 1.82) is 0 Å². The average molecular weight is 227 g/mol. The van der Waals surface area contributed by atoms with Crippen LogP contribution < -0.4 is 5.73 Å². The van der Waals surface area contributed by atoms with E-state index >= 15 is 0 Å². The second kappa shape index (κ2) is 4.76. The SMILES string of the molecule is CN1CCCC2CN(CC(N)=S)CCC21. The molecular weight excluding hydrogens is 206 g/mol. The van der Waals surface area contributed by atoms with Gasteiger partial charge in [-0.05, 0) is 38.8 Å². The molecule has 2 aliphatic rings. The van der Waals surface area contributed by atoms with E-state index in [-0.39, 0.29) is 0 Å². The first-order valence-corrected chi connectivity index (χ1v) is 6.28. The Morgan fingerprint density at radius 1 is 1.40 bits per heavy atom. The maximum Gasteiger partial charge on any atom is 0.0870 e. The standard InChI is InChI=1S/C11H21N3S/c1-13-5-2-3-9-7-14(8-11(12)15)6-4-10(9)13/h9-10H,2-8H2,1H3,(H2,12,15). The van der Waals surface area contributed by atoms with Gasteiger partial charge in [-0.15, -0.1) is 0 Å². The summed E-state index contributed by atoms with van der Waals surface area (Å²) in [4.78, 5) is 5.59. The number of piperidine rings is 2. The molecular formula is C11H21N3S. The summed E-state index contributed by atoms with van der Waals surface area (Å²) in [7, 11) is 2.26. The molecule has 2 unspecified atom stereocenters. The lowest BCUT2D eigenvalue weighted by Gasteiger charge is -2.45. The summed E-state index contributed by atoms with van der Waals surface area (Å²) >= 11 is 4.97. The summed E-state index contributed by atoms with van der Waals surface area (Å²) < 4.78 is 0. The molecule has 2 fully saturated rings. The highest BCUT2D eigenvalue weighted by Gasteiger charge is 2.33. The van der Waals surface area contributed by atoms with Crippen LogP contribution in [0.2, 0.25) is 0 Å². The Bertz CT molecular complexity index is 244. The molecule has 0 saturated carbocycles. The van der Waals surface area contributed by atoms with Crippen LogP contribution in [-0.2, 0) is 0 Å². The molecule has 0 aliphatic carbocycles. The van der Waals surface area contributed by atoms with Crippen molar-refractivity contribution in [3.63, 3.8) is 0 Å². The van der Waals surface area contributed by atoms with Gasteiger partial charge in [0.1, 0.15) is 0 Å². The number of hydrogen-bond donors (Lipinski definition) is 1. The molecule has 2 atom stereocenters. The Morgan fingerprint density at radius 2 is 2.20 bits per heavy atom. The minimum Gasteiger partial charge on any atom is -0.392 e. The van der Waals surface area contributed by atoms with Crippen molar-refractivity contribution in [3.8, 4) is 0 Å². The minimum atomic E-state index is 0.637. The van der Waals surface area contributed by atoms with Crippen molar-refractivity contribution in [2.45, 2.75) is 25.3 Å². The van der Waals surface area contributed by atoms with Crippen LogP contribution >= 0.6 is 12.2 Å². The minimum absolute atomic E-state index is 0.637. The summed E-state index contributed by atoms with van der Waals surface area (Å²) in [6.07, 6.45) is 4.01. The Labute approximate surface area is 97.6 Å². The van der Waals surface area contributed by atoms with E-state index in [1.165, 1.54) is 32.4 Å². The maximum atomic E-state index is 5.60. The largest absolute Gasteiger partial charge is 0.392 e. The highest BCUT2D eigenvalue weighted by Crippen LogP contribution is 2.29. The molecule has 2 saturated heterocycles. The summed E-state index contributed by atoms with van der Waals surface area (Å²) in [5.41, 5.74) is 5.60. The van der Waals surface area contributed by atoms with Gasteiger partial charge in [0.05, 0.1) is 4.99 Å². The molecule has 15 heavy (non-hydrogen) atoms. The quantitative estimate of drug-likeness (QED) is 0.704. The van der Waals surface area contributed by atoms with Gasteiger partial charge < -0.3 is 10.6 Å². The molecule has 0 aromatic carbocycles. The molecule has 0 radical (unpaired) electrons. The second-order valence-electron chi connectivity index (χ2n) is 4.94. The molecule has 2 heterocycles. The van der Waals surface area contributed by atoms with Gasteiger partial charge in [-0.2, -0.15) is 0 Å². The van der Waals surface area contributed by atoms with E-state index < -0.39 is 0 Å². The molecule has 2 aliphatic heterocycles. The summed E-state index contributed by atoms with van der Waals surface area (Å²) in [5.74, 6) is 0.840. The van der Waals surface area contributed by atoms with Gasteiger partial charge in [0, 0.05) is 25.7 Å². The number of nitrogens with zero attached hydrogens (tertiary/aromatic N) is 2. The third-order valence-corrected chi connectivity index (χ3v) is 3.94. The predicted molar refractivity (Wildman–Crippen MR) is 67.0 cm³/mol. The smallest absolute Gasteiger partial charge is 0.0870 e. The molecule has 0 aromatic rings. The van der Waals surface area contributed by atoms with E-state index in [0.29, 0.717) is 4.99 Å². The molecule has 2 rings (SSSR count). The van der Waals surface area contributed by atoms with Gasteiger partial charge in [0.15, 0.2) is 0 Å². The van der Waals surface area contributed by atoms with Gasteiger partial charge in [-0.1, -0.05) is 12.2 Å². The molecule has 86 valence electrons. The van der Waals surface area contributed by atoms with Crippen LogP contribution in [0.5, 0.6) is 0 Å². The maximum absolute atomic E-state index is 5.60. The Balaban J connectivity index is 1.91. The number of likely N-dealkylation sites (tertiary alicyclic amines) is 2. The first-order chi connectivity index (χ1) is 7.16. The van der Waals surface area contributed by atoms with Crippen molar-refractivity contribution in [1.82, 2.24) is 9.80 Å². The lowest BCUT2D eigenvalue weighted by molar-refractivity contribution is 0.0450. The monoisotopic (exact) mass is 227 g/mol. The third kappa shape index (κ3) is 2.68. The number of hydrogen-bond acceptors (Lipinski definition) is 3. The molecule has 0 amide bonds. The van der Waals surface area contributed by atoms with Crippen molar-refractivity contribution >= 4 is 17.2 Å². The molecule has 4 heteroatoms. The Morgan fingerprint density at radius 3 is 2.93 bits per heavy atom. The zero-order valence-corrected chi connectivity index (χ0v) is 10.3. The van der Waals surface area contributed by atoms with Gasteiger partial charge in [-0.3, -0.25) is 4.90 Å². The number of thiocarbonyl (C=S) groups is 1. The normalized spacial score (nSPS) is 33.7. The Hall–Kier alpha value is -0.190. The van der Waals surface area contributed by atoms with E-state index in [9.17, 15) is 0 Å². The molecule has 3 nitrogen and oxygen atoms in total. The number of nitrogens with two attached hydrogens (primary N) is 1. The van der Waals surface area contributed by atoms with E-state index in [0.717, 1.165) is 25.0 Å². The first-order valence-electron chi connectivity index (χ1n) is 5.87. The van der Waals surface area contributed by atoms with Crippen LogP contribution in [0.25, 0.3) is 0 Å². The lowest BCUT2D eigenvalue weighted by Crippen LogP contribution is -2.53. The zero-order valence-electron chi connectivity index (χ0n) is 9.48. The molecule has 2 N–H and O–H groups in total. The topological polar surface area (TPSA) is 32.5 Å². The fourth-order valence-corrected chi connectivity index (χ4v) is 3.27. The van der Waals surface area contributed by atoms with E-state index in [1.807, 2.05) is 0 Å². The van der Waals surface area contributed by atoms with E-state index in [2.05, 4.69) is 16.8 Å². The summed E-state index contributed by atoms with van der Waals surface area (Å²) in [6.45, 7) is 4.42. The lowest BCUT2D eigenvalue weighted by atomic mass is 9.84. The van der Waals surface area contributed by atoms with Crippen LogP contribution in [0.3, 0.4) is 0 Å². The molecule has 0 aromatic heterocycles. The number of rotatable bonds is 2. The highest BCUT2D eigenvalue weighted by atomic mass is 32.1. The van der Waals surface area contributed by atoms with Crippen LogP contribution in [0.15, 0.2) is 0 Å². The van der Waals surface area contributed by atoms with Crippen molar-refractivity contribution in [2.24, 2.45) is 11.7 Å². The van der Waals surface area contributed by atoms with Crippen LogP contribution in [0, 0.1) is 5.92 Å². The fourth-order valence-electron chi connectivity index (χ4n) is 3.09. The van der Waals surface area contributed by atoms with Gasteiger partial charge in [0.25, 0.3) is 0 Å². The van der Waals surface area contributed by atoms with Crippen LogP contribution in [0.1, 0.15) is 19.3 Å². The summed E-state index contributed by atoms with van der Waals surface area (Å²) in [5, 5.41) is 0. The molecule has 0 spiro atoms. The van der Waals surface area contributed by atoms with Gasteiger partial charge in [0.2, 0.25) is 0 Å².